The Morgan fingerprint density at radius 3 is 2.34 bits per heavy atom. The summed E-state index contributed by atoms with van der Waals surface area (Å²) in [6, 6.07) is 33.7. The first-order valence-electron chi connectivity index (χ1n) is 12.6. The van der Waals surface area contributed by atoms with Crippen LogP contribution in [0.4, 0.5) is 5.69 Å². The summed E-state index contributed by atoms with van der Waals surface area (Å²) in [5, 5.41) is 2.71. The lowest BCUT2D eigenvalue weighted by Crippen LogP contribution is -2.19. The lowest BCUT2D eigenvalue weighted by Gasteiger charge is -2.23. The van der Waals surface area contributed by atoms with Crippen molar-refractivity contribution < 1.29 is 0 Å². The molecule has 35 heavy (non-hydrogen) atoms. The van der Waals surface area contributed by atoms with Gasteiger partial charge in [0, 0.05) is 40.6 Å². The molecule has 0 spiro atoms. The second kappa shape index (κ2) is 8.32. The smallest absolute Gasteiger partial charge is 0.0581 e. The summed E-state index contributed by atoms with van der Waals surface area (Å²) in [4.78, 5) is 2.58. The predicted octanol–water partition coefficient (Wildman–Crippen LogP) is 8.08. The Kier molecular flexibility index (Phi) is 4.84. The van der Waals surface area contributed by atoms with Crippen LogP contribution in [0.3, 0.4) is 0 Å². The Hall–Kier alpha value is -4.04. The first-order valence-corrected chi connectivity index (χ1v) is 12.6. The van der Waals surface area contributed by atoms with Crippen LogP contribution in [0, 0.1) is 0 Å². The van der Waals surface area contributed by atoms with E-state index in [0.717, 1.165) is 25.9 Å². The molecule has 1 aliphatic heterocycles. The van der Waals surface area contributed by atoms with E-state index in [2.05, 4.69) is 125 Å². The highest BCUT2D eigenvalue weighted by atomic mass is 15.1. The molecule has 170 valence electrons. The number of anilines is 1. The summed E-state index contributed by atoms with van der Waals surface area (Å²) >= 11 is 0. The monoisotopic (exact) mass is 452 g/mol. The third-order valence-corrected chi connectivity index (χ3v) is 7.62. The van der Waals surface area contributed by atoms with Crippen LogP contribution in [0.5, 0.6) is 0 Å². The van der Waals surface area contributed by atoms with E-state index in [1.165, 1.54) is 49.7 Å². The molecule has 0 bridgehead atoms. The molecule has 0 saturated carbocycles. The van der Waals surface area contributed by atoms with E-state index >= 15 is 0 Å². The van der Waals surface area contributed by atoms with E-state index < -0.39 is 0 Å². The molecule has 1 aliphatic carbocycles. The zero-order valence-corrected chi connectivity index (χ0v) is 19.8. The van der Waals surface area contributed by atoms with Crippen molar-refractivity contribution in [2.45, 2.75) is 25.4 Å². The van der Waals surface area contributed by atoms with Gasteiger partial charge in [-0.25, -0.2) is 0 Å². The van der Waals surface area contributed by atoms with Gasteiger partial charge in [0.05, 0.1) is 11.6 Å². The summed E-state index contributed by atoms with van der Waals surface area (Å²) in [5.41, 5.74) is 9.66. The van der Waals surface area contributed by atoms with Crippen LogP contribution in [0.2, 0.25) is 0 Å². The van der Waals surface area contributed by atoms with Crippen molar-refractivity contribution in [2.75, 3.05) is 11.4 Å². The van der Waals surface area contributed by atoms with Gasteiger partial charge in [0.1, 0.15) is 0 Å². The quantitative estimate of drug-likeness (QED) is 0.267. The standard InChI is InChI=1S/C33H28N2/c1-4-12-24(13-5-1)23-34-21-20-28-31(34)22-29-27-18-10-11-19-30(27)35(26-16-8-3-9-17-26)33(29)32(28)25-14-6-2-7-15-25/h1-16,18-19,22,26H,17,20-21,23H2. The Labute approximate surface area is 206 Å². The van der Waals surface area contributed by atoms with Crippen molar-refractivity contribution in [3.8, 4) is 11.1 Å². The van der Waals surface area contributed by atoms with E-state index in [4.69, 9.17) is 0 Å². The van der Waals surface area contributed by atoms with Gasteiger partial charge in [-0.2, -0.15) is 0 Å². The van der Waals surface area contributed by atoms with Crippen LogP contribution >= 0.6 is 0 Å². The molecule has 2 aliphatic rings. The molecule has 2 heterocycles. The Morgan fingerprint density at radius 2 is 1.54 bits per heavy atom. The summed E-state index contributed by atoms with van der Waals surface area (Å²) in [6.07, 6.45) is 11.1. The van der Waals surface area contributed by atoms with Gasteiger partial charge in [-0.05, 0) is 41.7 Å². The molecule has 0 saturated heterocycles. The number of allylic oxidation sites excluding steroid dienone is 4. The first kappa shape index (κ1) is 20.3. The van der Waals surface area contributed by atoms with Gasteiger partial charge >= 0.3 is 0 Å². The zero-order chi connectivity index (χ0) is 23.2. The number of rotatable bonds is 4. The Morgan fingerprint density at radius 1 is 0.771 bits per heavy atom. The third kappa shape index (κ3) is 3.32. The highest BCUT2D eigenvalue weighted by molar-refractivity contribution is 6.15. The summed E-state index contributed by atoms with van der Waals surface area (Å²) in [5.74, 6) is 0. The normalized spacial score (nSPS) is 16.9. The molecule has 4 aromatic carbocycles. The highest BCUT2D eigenvalue weighted by Gasteiger charge is 2.29. The van der Waals surface area contributed by atoms with Gasteiger partial charge in [-0.3, -0.25) is 0 Å². The van der Waals surface area contributed by atoms with Crippen LogP contribution in [0.15, 0.2) is 115 Å². The number of fused-ring (bicyclic) bond motifs is 4. The number of nitrogens with zero attached hydrogens (tertiary/aromatic N) is 2. The van der Waals surface area contributed by atoms with Crippen LogP contribution < -0.4 is 4.90 Å². The lowest BCUT2D eigenvalue weighted by molar-refractivity contribution is 0.648. The molecule has 7 rings (SSSR count). The molecule has 0 amide bonds. The van der Waals surface area contributed by atoms with E-state index in [1.807, 2.05) is 0 Å². The number of benzene rings is 4. The number of aromatic nitrogens is 1. The minimum Gasteiger partial charge on any atom is -0.367 e. The van der Waals surface area contributed by atoms with E-state index in [9.17, 15) is 0 Å². The first-order chi connectivity index (χ1) is 17.4. The Balaban J connectivity index is 1.54. The van der Waals surface area contributed by atoms with Crippen LogP contribution in [0.1, 0.15) is 23.6 Å². The lowest BCUT2D eigenvalue weighted by atomic mass is 9.94. The van der Waals surface area contributed by atoms with Crippen molar-refractivity contribution in [3.05, 3.63) is 126 Å². The van der Waals surface area contributed by atoms with Crippen molar-refractivity contribution >= 4 is 27.5 Å². The molecule has 1 atom stereocenters. The molecular formula is C33H28N2. The van der Waals surface area contributed by atoms with Crippen molar-refractivity contribution in [3.63, 3.8) is 0 Å². The number of hydrogen-bond donors (Lipinski definition) is 0. The topological polar surface area (TPSA) is 8.17 Å². The van der Waals surface area contributed by atoms with Crippen molar-refractivity contribution in [1.29, 1.82) is 0 Å². The molecule has 5 aromatic rings. The fourth-order valence-corrected chi connectivity index (χ4v) is 6.08. The molecule has 0 fully saturated rings. The van der Waals surface area contributed by atoms with E-state index in [-0.39, 0.29) is 0 Å². The van der Waals surface area contributed by atoms with Crippen LogP contribution in [0.25, 0.3) is 32.9 Å². The summed E-state index contributed by atoms with van der Waals surface area (Å²) in [7, 11) is 0. The van der Waals surface area contributed by atoms with Crippen LogP contribution in [-0.4, -0.2) is 11.1 Å². The van der Waals surface area contributed by atoms with Crippen molar-refractivity contribution in [1.82, 2.24) is 4.57 Å². The average Bonchev–Trinajstić information content (AvgIpc) is 3.48. The zero-order valence-electron chi connectivity index (χ0n) is 19.8. The molecule has 1 unspecified atom stereocenters. The molecule has 0 radical (unpaired) electrons. The molecule has 1 aromatic heterocycles. The van der Waals surface area contributed by atoms with Gasteiger partial charge in [0.15, 0.2) is 0 Å². The fraction of sp³-hybridized carbons (Fsp3) is 0.152. The van der Waals surface area contributed by atoms with Crippen LogP contribution in [-0.2, 0) is 13.0 Å². The molecule has 0 N–H and O–H groups in total. The maximum atomic E-state index is 2.60. The highest BCUT2D eigenvalue weighted by Crippen LogP contribution is 2.47. The second-order valence-corrected chi connectivity index (χ2v) is 9.67. The van der Waals surface area contributed by atoms with Crippen molar-refractivity contribution in [2.24, 2.45) is 0 Å². The van der Waals surface area contributed by atoms with Gasteiger partial charge < -0.3 is 9.47 Å². The largest absolute Gasteiger partial charge is 0.367 e. The molecular weight excluding hydrogens is 424 g/mol. The molecule has 2 nitrogen and oxygen atoms in total. The average molecular weight is 453 g/mol. The van der Waals surface area contributed by atoms with E-state index in [1.54, 1.807) is 0 Å². The maximum Gasteiger partial charge on any atom is 0.0581 e. The maximum absolute atomic E-state index is 2.60. The summed E-state index contributed by atoms with van der Waals surface area (Å²) < 4.78 is 2.60. The van der Waals surface area contributed by atoms with Gasteiger partial charge in [0.2, 0.25) is 0 Å². The van der Waals surface area contributed by atoms with E-state index in [0.29, 0.717) is 6.04 Å². The summed E-state index contributed by atoms with van der Waals surface area (Å²) in [6.45, 7) is 2.00. The van der Waals surface area contributed by atoms with Gasteiger partial charge in [-0.15, -0.1) is 0 Å². The number of hydrogen-bond acceptors (Lipinski definition) is 1. The van der Waals surface area contributed by atoms with Gasteiger partial charge in [0.25, 0.3) is 0 Å². The SMILES string of the molecule is C1=CCC(n2c3ccccc3c3cc4c(c(-c5ccccc5)c32)CCN4Cc2ccccc2)C=C1. The van der Waals surface area contributed by atoms with Gasteiger partial charge in [-0.1, -0.05) is 103 Å². The third-order valence-electron chi connectivity index (χ3n) is 7.62. The predicted molar refractivity (Wildman–Crippen MR) is 148 cm³/mol. The number of para-hydroxylation sites is 1. The minimum absolute atomic E-state index is 0.324. The Bertz CT molecular complexity index is 1590. The molecule has 2 heteroatoms. The fourth-order valence-electron chi connectivity index (χ4n) is 6.08. The second-order valence-electron chi connectivity index (χ2n) is 9.67. The minimum atomic E-state index is 0.324.